The van der Waals surface area contributed by atoms with Gasteiger partial charge in [0.1, 0.15) is 6.61 Å². The minimum Gasteiger partial charge on any atom is -0.462 e. The predicted octanol–water partition coefficient (Wildman–Crippen LogP) is 12.2. The van der Waals surface area contributed by atoms with Crippen LogP contribution in [0.3, 0.4) is 0 Å². The molecule has 0 radical (unpaired) electrons. The van der Waals surface area contributed by atoms with Gasteiger partial charge < -0.3 is 14.6 Å². The number of hydrogen-bond donors (Lipinski definition) is 1. The van der Waals surface area contributed by atoms with Crippen LogP contribution < -0.4 is 0 Å². The first-order chi connectivity index (χ1) is 23.6. The van der Waals surface area contributed by atoms with E-state index in [-0.39, 0.29) is 31.6 Å². The Hall–Kier alpha value is -2.66. The third-order valence-electron chi connectivity index (χ3n) is 7.97. The molecule has 1 atom stereocenters. The standard InChI is InChI=1S/C43H72O5/c1-3-5-7-9-11-13-15-17-19-21-23-25-27-29-31-33-35-37-42(45)47-40-41(39-44)48-43(46)38-36-34-32-30-28-26-24-22-20-18-16-14-12-10-8-6-4-2/h11-14,17-20,24,26,30,32,41,44H,3-10,15-16,21-23,25,27-29,31,33-40H2,1-2H3/t41-/m0/s1. The van der Waals surface area contributed by atoms with Gasteiger partial charge in [0.05, 0.1) is 6.61 Å². The first-order valence-corrected chi connectivity index (χ1v) is 19.5. The number of ether oxygens (including phenoxy) is 2. The summed E-state index contributed by atoms with van der Waals surface area (Å²) < 4.78 is 10.6. The summed E-state index contributed by atoms with van der Waals surface area (Å²) in [6.07, 6.45) is 51.0. The molecule has 0 aliphatic carbocycles. The summed E-state index contributed by atoms with van der Waals surface area (Å²) in [5.74, 6) is -0.671. The summed E-state index contributed by atoms with van der Waals surface area (Å²) in [5.41, 5.74) is 0. The lowest BCUT2D eigenvalue weighted by molar-refractivity contribution is -0.161. The molecule has 274 valence electrons. The van der Waals surface area contributed by atoms with E-state index in [1.54, 1.807) is 0 Å². The smallest absolute Gasteiger partial charge is 0.306 e. The SMILES string of the molecule is CCCCCC=CCC=CCC=CCC=CCCCC(=O)O[C@@H](CO)COC(=O)CCCCCCCCCC=CCC=CCCCCC. The van der Waals surface area contributed by atoms with Crippen LogP contribution in [0.25, 0.3) is 0 Å². The highest BCUT2D eigenvalue weighted by atomic mass is 16.6. The van der Waals surface area contributed by atoms with Crippen LogP contribution in [-0.2, 0) is 19.1 Å². The van der Waals surface area contributed by atoms with Crippen LogP contribution >= 0.6 is 0 Å². The Balaban J connectivity index is 3.69. The van der Waals surface area contributed by atoms with Crippen molar-refractivity contribution in [3.05, 3.63) is 72.9 Å². The van der Waals surface area contributed by atoms with Gasteiger partial charge in [-0.25, -0.2) is 0 Å². The molecule has 5 nitrogen and oxygen atoms in total. The quantitative estimate of drug-likeness (QED) is 0.0420. The monoisotopic (exact) mass is 669 g/mol. The zero-order valence-electron chi connectivity index (χ0n) is 31.0. The van der Waals surface area contributed by atoms with E-state index in [0.717, 1.165) is 57.8 Å². The van der Waals surface area contributed by atoms with Crippen molar-refractivity contribution in [1.29, 1.82) is 0 Å². The zero-order chi connectivity index (χ0) is 35.0. The predicted molar refractivity (Wildman–Crippen MR) is 205 cm³/mol. The molecule has 0 aromatic rings. The van der Waals surface area contributed by atoms with Crippen molar-refractivity contribution < 1.29 is 24.2 Å². The summed E-state index contributed by atoms with van der Waals surface area (Å²) in [7, 11) is 0. The summed E-state index contributed by atoms with van der Waals surface area (Å²) in [6, 6.07) is 0. The maximum Gasteiger partial charge on any atom is 0.306 e. The van der Waals surface area contributed by atoms with Crippen LogP contribution in [0.5, 0.6) is 0 Å². The number of carbonyl (C=O) groups excluding carboxylic acids is 2. The molecule has 0 aliphatic rings. The van der Waals surface area contributed by atoms with Gasteiger partial charge in [0.15, 0.2) is 6.10 Å². The average Bonchev–Trinajstić information content (AvgIpc) is 3.09. The van der Waals surface area contributed by atoms with Crippen molar-refractivity contribution in [3.8, 4) is 0 Å². The Morgan fingerprint density at radius 1 is 0.479 bits per heavy atom. The van der Waals surface area contributed by atoms with E-state index in [0.29, 0.717) is 12.8 Å². The van der Waals surface area contributed by atoms with E-state index in [9.17, 15) is 14.7 Å². The van der Waals surface area contributed by atoms with E-state index < -0.39 is 6.10 Å². The Labute approximate surface area is 295 Å². The third kappa shape index (κ3) is 36.2. The molecule has 0 aliphatic heterocycles. The molecule has 0 saturated heterocycles. The van der Waals surface area contributed by atoms with Gasteiger partial charge in [-0.3, -0.25) is 9.59 Å². The number of carbonyl (C=O) groups is 2. The lowest BCUT2D eigenvalue weighted by Gasteiger charge is -2.15. The average molecular weight is 669 g/mol. The molecule has 0 saturated carbocycles. The van der Waals surface area contributed by atoms with Crippen LogP contribution in [0.15, 0.2) is 72.9 Å². The molecular formula is C43H72O5. The number of unbranched alkanes of at least 4 members (excludes halogenated alkanes) is 14. The van der Waals surface area contributed by atoms with Crippen molar-refractivity contribution in [1.82, 2.24) is 0 Å². The second kappa shape index (κ2) is 38.8. The fraction of sp³-hybridized carbons (Fsp3) is 0.674. The molecule has 0 heterocycles. The highest BCUT2D eigenvalue weighted by Crippen LogP contribution is 2.11. The summed E-state index contributed by atoms with van der Waals surface area (Å²) in [5, 5.41) is 9.54. The Morgan fingerprint density at radius 3 is 1.31 bits per heavy atom. The normalized spacial score (nSPS) is 13.0. The van der Waals surface area contributed by atoms with Crippen molar-refractivity contribution in [2.45, 2.75) is 174 Å². The zero-order valence-corrected chi connectivity index (χ0v) is 31.0. The number of allylic oxidation sites excluding steroid dienone is 12. The van der Waals surface area contributed by atoms with E-state index in [1.165, 1.54) is 77.0 Å². The molecule has 0 unspecified atom stereocenters. The highest BCUT2D eigenvalue weighted by Gasteiger charge is 2.15. The van der Waals surface area contributed by atoms with Crippen LogP contribution in [0.2, 0.25) is 0 Å². The number of aliphatic hydroxyl groups excluding tert-OH is 1. The lowest BCUT2D eigenvalue weighted by Crippen LogP contribution is -2.28. The molecule has 0 aromatic heterocycles. The van der Waals surface area contributed by atoms with Crippen LogP contribution in [0.4, 0.5) is 0 Å². The second-order valence-corrected chi connectivity index (χ2v) is 12.6. The first kappa shape index (κ1) is 45.3. The molecule has 48 heavy (non-hydrogen) atoms. The molecule has 0 amide bonds. The minimum atomic E-state index is -0.806. The van der Waals surface area contributed by atoms with Gasteiger partial charge in [0.2, 0.25) is 0 Å². The highest BCUT2D eigenvalue weighted by molar-refractivity contribution is 5.70. The maximum absolute atomic E-state index is 12.1. The molecule has 0 aromatic carbocycles. The third-order valence-corrected chi connectivity index (χ3v) is 7.97. The fourth-order valence-electron chi connectivity index (χ4n) is 4.99. The largest absolute Gasteiger partial charge is 0.462 e. The molecule has 0 fully saturated rings. The van der Waals surface area contributed by atoms with Crippen molar-refractivity contribution >= 4 is 11.9 Å². The van der Waals surface area contributed by atoms with E-state index in [2.05, 4.69) is 86.8 Å². The van der Waals surface area contributed by atoms with E-state index in [4.69, 9.17) is 9.47 Å². The summed E-state index contributed by atoms with van der Waals surface area (Å²) in [4.78, 5) is 24.2. The van der Waals surface area contributed by atoms with Crippen LogP contribution in [0, 0.1) is 0 Å². The maximum atomic E-state index is 12.1. The Morgan fingerprint density at radius 2 is 0.854 bits per heavy atom. The van der Waals surface area contributed by atoms with Gasteiger partial charge in [-0.1, -0.05) is 145 Å². The van der Waals surface area contributed by atoms with Gasteiger partial charge in [-0.05, 0) is 83.5 Å². The van der Waals surface area contributed by atoms with Crippen LogP contribution in [0.1, 0.15) is 168 Å². The molecule has 0 bridgehead atoms. The molecule has 1 N–H and O–H groups in total. The summed E-state index contributed by atoms with van der Waals surface area (Å²) in [6.45, 7) is 4.02. The molecule has 0 rings (SSSR count). The lowest BCUT2D eigenvalue weighted by atomic mass is 10.1. The van der Waals surface area contributed by atoms with Gasteiger partial charge in [0.25, 0.3) is 0 Å². The molecule has 5 heteroatoms. The van der Waals surface area contributed by atoms with Crippen molar-refractivity contribution in [2.24, 2.45) is 0 Å². The van der Waals surface area contributed by atoms with Crippen LogP contribution in [-0.4, -0.2) is 36.4 Å². The Kier molecular flexibility index (Phi) is 36.6. The molecular weight excluding hydrogens is 596 g/mol. The van der Waals surface area contributed by atoms with Gasteiger partial charge in [-0.2, -0.15) is 0 Å². The van der Waals surface area contributed by atoms with E-state index >= 15 is 0 Å². The number of aliphatic hydroxyl groups is 1. The summed E-state index contributed by atoms with van der Waals surface area (Å²) >= 11 is 0. The van der Waals surface area contributed by atoms with Gasteiger partial charge in [0, 0.05) is 12.8 Å². The topological polar surface area (TPSA) is 72.8 Å². The van der Waals surface area contributed by atoms with Crippen molar-refractivity contribution in [2.75, 3.05) is 13.2 Å². The van der Waals surface area contributed by atoms with Gasteiger partial charge in [-0.15, -0.1) is 0 Å². The second-order valence-electron chi connectivity index (χ2n) is 12.6. The number of rotatable bonds is 34. The molecule has 0 spiro atoms. The number of esters is 2. The Bertz CT molecular complexity index is 895. The van der Waals surface area contributed by atoms with E-state index in [1.807, 2.05) is 0 Å². The number of hydrogen-bond acceptors (Lipinski definition) is 5. The fourth-order valence-corrected chi connectivity index (χ4v) is 4.99. The van der Waals surface area contributed by atoms with Crippen molar-refractivity contribution in [3.63, 3.8) is 0 Å². The first-order valence-electron chi connectivity index (χ1n) is 19.5. The minimum absolute atomic E-state index is 0.0953. The van der Waals surface area contributed by atoms with Gasteiger partial charge >= 0.3 is 11.9 Å².